The molecule has 2 amide bonds. The fourth-order valence-corrected chi connectivity index (χ4v) is 2.23. The molecule has 0 saturated heterocycles. The zero-order chi connectivity index (χ0) is 17.2. The van der Waals surface area contributed by atoms with Crippen LogP contribution in [0.5, 0.6) is 5.75 Å². The van der Waals surface area contributed by atoms with E-state index in [1.165, 1.54) is 12.2 Å². The van der Waals surface area contributed by atoms with Gasteiger partial charge < -0.3 is 4.89 Å². The van der Waals surface area contributed by atoms with Crippen molar-refractivity contribution >= 4 is 17.5 Å². The number of imide groups is 1. The van der Waals surface area contributed by atoms with Gasteiger partial charge >= 0.3 is 0 Å². The first-order valence-corrected chi connectivity index (χ1v) is 7.81. The van der Waals surface area contributed by atoms with E-state index in [1.807, 2.05) is 34.6 Å². The Morgan fingerprint density at radius 3 is 2.26 bits per heavy atom. The van der Waals surface area contributed by atoms with Crippen molar-refractivity contribution < 1.29 is 19.4 Å². The second kappa shape index (κ2) is 6.54. The Labute approximate surface area is 136 Å². The summed E-state index contributed by atoms with van der Waals surface area (Å²) in [6.07, 6.45) is 3.34. The van der Waals surface area contributed by atoms with E-state index in [0.29, 0.717) is 11.4 Å². The molecule has 124 valence electrons. The Morgan fingerprint density at radius 1 is 1.13 bits per heavy atom. The molecule has 0 aliphatic carbocycles. The number of carbonyl (C=O) groups excluding carboxylic acids is 2. The molecule has 0 spiro atoms. The Balaban J connectivity index is 2.39. The minimum atomic E-state index is -0.426. The second-order valence-corrected chi connectivity index (χ2v) is 6.47. The van der Waals surface area contributed by atoms with E-state index in [2.05, 4.69) is 0 Å². The number of rotatable bonds is 6. The molecule has 1 aromatic rings. The average Bonchev–Trinajstić information content (AvgIpc) is 2.83. The van der Waals surface area contributed by atoms with Crippen LogP contribution >= 0.6 is 0 Å². The van der Waals surface area contributed by atoms with Crippen LogP contribution < -0.4 is 9.79 Å². The first kappa shape index (κ1) is 17.2. The third kappa shape index (κ3) is 3.62. The first-order chi connectivity index (χ1) is 10.8. The van der Waals surface area contributed by atoms with Crippen LogP contribution in [0.4, 0.5) is 5.69 Å². The lowest BCUT2D eigenvalue weighted by Gasteiger charge is -2.25. The predicted molar refractivity (Wildman–Crippen MR) is 88.2 cm³/mol. The molecule has 2 rings (SSSR count). The molecular formula is C18H23NO4. The molecular weight excluding hydrogens is 294 g/mol. The summed E-state index contributed by atoms with van der Waals surface area (Å²) in [6.45, 7) is 9.84. The molecule has 0 fully saturated rings. The molecule has 0 saturated carbocycles. The summed E-state index contributed by atoms with van der Waals surface area (Å²) in [5.41, 5.74) is 0.880. The van der Waals surface area contributed by atoms with Crippen molar-refractivity contribution in [2.75, 3.05) is 4.90 Å². The largest absolute Gasteiger partial charge is 0.337 e. The molecule has 1 heterocycles. The van der Waals surface area contributed by atoms with Crippen molar-refractivity contribution in [2.24, 2.45) is 0 Å². The lowest BCUT2D eigenvalue weighted by Crippen LogP contribution is -2.31. The highest BCUT2D eigenvalue weighted by Crippen LogP contribution is 2.37. The number of hydrogen-bond donors (Lipinski definition) is 0. The zero-order valence-corrected chi connectivity index (χ0v) is 14.3. The fourth-order valence-electron chi connectivity index (χ4n) is 2.23. The van der Waals surface area contributed by atoms with Gasteiger partial charge in [-0.2, -0.15) is 4.89 Å². The van der Waals surface area contributed by atoms with Crippen LogP contribution in [0.2, 0.25) is 0 Å². The Hall–Kier alpha value is -2.14. The summed E-state index contributed by atoms with van der Waals surface area (Å²) in [7, 11) is 0. The quantitative estimate of drug-likeness (QED) is 0.455. The molecule has 1 aromatic carbocycles. The van der Waals surface area contributed by atoms with Crippen molar-refractivity contribution in [2.45, 2.75) is 52.6 Å². The molecule has 1 aliphatic rings. The van der Waals surface area contributed by atoms with Crippen LogP contribution in [-0.2, 0) is 14.5 Å². The van der Waals surface area contributed by atoms with Crippen molar-refractivity contribution in [1.29, 1.82) is 0 Å². The highest BCUT2D eigenvalue weighted by Gasteiger charge is 2.30. The molecule has 0 N–H and O–H groups in total. The van der Waals surface area contributed by atoms with Gasteiger partial charge in [0.2, 0.25) is 0 Å². The second-order valence-electron chi connectivity index (χ2n) is 6.47. The van der Waals surface area contributed by atoms with Gasteiger partial charge in [0.15, 0.2) is 5.75 Å². The Kier molecular flexibility index (Phi) is 4.90. The molecule has 0 radical (unpaired) electrons. The van der Waals surface area contributed by atoms with Gasteiger partial charge in [-0.3, -0.25) is 9.59 Å². The summed E-state index contributed by atoms with van der Waals surface area (Å²) in [5.74, 6) is -0.116. The standard InChI is InChI=1S/C18H23NO4/c1-6-18(4,5)23-22-14-9-7-8-13(17(14)12(2)3)19-15(20)10-11-16(19)21/h7-12H,6H2,1-5H3. The van der Waals surface area contributed by atoms with Gasteiger partial charge in [-0.1, -0.05) is 26.8 Å². The molecule has 0 bridgehead atoms. The van der Waals surface area contributed by atoms with Gasteiger partial charge in [-0.05, 0) is 38.3 Å². The molecule has 0 aromatic heterocycles. The van der Waals surface area contributed by atoms with E-state index in [-0.39, 0.29) is 17.7 Å². The summed E-state index contributed by atoms with van der Waals surface area (Å²) in [6, 6.07) is 5.27. The highest BCUT2D eigenvalue weighted by molar-refractivity contribution is 6.28. The molecule has 5 nitrogen and oxygen atoms in total. The number of carbonyl (C=O) groups is 2. The number of anilines is 1. The molecule has 1 aliphatic heterocycles. The molecule has 23 heavy (non-hydrogen) atoms. The van der Waals surface area contributed by atoms with Crippen molar-refractivity contribution in [3.05, 3.63) is 35.9 Å². The van der Waals surface area contributed by atoms with Crippen LogP contribution in [-0.4, -0.2) is 17.4 Å². The topological polar surface area (TPSA) is 55.8 Å². The summed E-state index contributed by atoms with van der Waals surface area (Å²) >= 11 is 0. The zero-order valence-electron chi connectivity index (χ0n) is 14.3. The molecule has 0 unspecified atom stereocenters. The Morgan fingerprint density at radius 2 is 1.74 bits per heavy atom. The maximum Gasteiger partial charge on any atom is 0.258 e. The Bertz CT molecular complexity index is 628. The van der Waals surface area contributed by atoms with Crippen molar-refractivity contribution in [3.8, 4) is 5.75 Å². The number of hydrogen-bond acceptors (Lipinski definition) is 4. The van der Waals surface area contributed by atoms with Gasteiger partial charge in [-0.15, -0.1) is 0 Å². The molecule has 5 heteroatoms. The smallest absolute Gasteiger partial charge is 0.258 e. The van der Waals surface area contributed by atoms with Gasteiger partial charge in [0, 0.05) is 17.7 Å². The SMILES string of the molecule is CCC(C)(C)OOc1cccc(N2C(=O)C=CC2=O)c1C(C)C. The maximum absolute atomic E-state index is 12.0. The van der Waals surface area contributed by atoms with Gasteiger partial charge in [0.05, 0.1) is 5.69 Å². The third-order valence-electron chi connectivity index (χ3n) is 3.88. The van der Waals surface area contributed by atoms with E-state index in [1.54, 1.807) is 18.2 Å². The highest BCUT2D eigenvalue weighted by atomic mass is 17.2. The van der Waals surface area contributed by atoms with Gasteiger partial charge in [0.1, 0.15) is 5.60 Å². The third-order valence-corrected chi connectivity index (χ3v) is 3.88. The number of benzene rings is 1. The van der Waals surface area contributed by atoms with Crippen LogP contribution in [0, 0.1) is 0 Å². The van der Waals surface area contributed by atoms with E-state index >= 15 is 0 Å². The van der Waals surface area contributed by atoms with E-state index in [4.69, 9.17) is 9.78 Å². The summed E-state index contributed by atoms with van der Waals surface area (Å²) in [5, 5.41) is 0. The normalized spacial score (nSPS) is 15.0. The van der Waals surface area contributed by atoms with Crippen LogP contribution in [0.1, 0.15) is 52.5 Å². The fraction of sp³-hybridized carbons (Fsp3) is 0.444. The van der Waals surface area contributed by atoms with Crippen LogP contribution in [0.3, 0.4) is 0 Å². The van der Waals surface area contributed by atoms with Crippen LogP contribution in [0.15, 0.2) is 30.4 Å². The number of amides is 2. The monoisotopic (exact) mass is 317 g/mol. The van der Waals surface area contributed by atoms with E-state index in [9.17, 15) is 9.59 Å². The average molecular weight is 317 g/mol. The summed E-state index contributed by atoms with van der Waals surface area (Å²) in [4.78, 5) is 36.2. The minimum absolute atomic E-state index is 0.0516. The predicted octanol–water partition coefficient (Wildman–Crippen LogP) is 3.74. The van der Waals surface area contributed by atoms with Crippen LogP contribution in [0.25, 0.3) is 0 Å². The van der Waals surface area contributed by atoms with E-state index < -0.39 is 5.60 Å². The van der Waals surface area contributed by atoms with E-state index in [0.717, 1.165) is 16.9 Å². The van der Waals surface area contributed by atoms with Gasteiger partial charge in [-0.25, -0.2) is 4.90 Å². The van der Waals surface area contributed by atoms with Crippen molar-refractivity contribution in [3.63, 3.8) is 0 Å². The van der Waals surface area contributed by atoms with Crippen molar-refractivity contribution in [1.82, 2.24) is 0 Å². The number of nitrogens with zero attached hydrogens (tertiary/aromatic N) is 1. The lowest BCUT2D eigenvalue weighted by molar-refractivity contribution is -0.281. The first-order valence-electron chi connectivity index (χ1n) is 7.81. The summed E-state index contributed by atoms with van der Waals surface area (Å²) < 4.78 is 0. The molecule has 0 atom stereocenters. The lowest BCUT2D eigenvalue weighted by atomic mass is 9.99. The minimum Gasteiger partial charge on any atom is -0.337 e. The van der Waals surface area contributed by atoms with Gasteiger partial charge in [0.25, 0.3) is 11.8 Å². The maximum atomic E-state index is 12.0.